The third kappa shape index (κ3) is 8.66. The highest BCUT2D eigenvalue weighted by atomic mass is 16.7. The molecular formula is C28H36N2O9. The van der Waals surface area contributed by atoms with E-state index in [0.717, 1.165) is 5.56 Å². The molecule has 3 rings (SSSR count). The Morgan fingerprint density at radius 2 is 1.92 bits per heavy atom. The van der Waals surface area contributed by atoms with Crippen molar-refractivity contribution in [1.29, 1.82) is 0 Å². The van der Waals surface area contributed by atoms with Crippen LogP contribution >= 0.6 is 0 Å². The first kappa shape index (κ1) is 29.9. The fraction of sp³-hybridized carbons (Fsp3) is 0.500. The number of carbonyl (C=O) groups is 3. The second-order valence-corrected chi connectivity index (χ2v) is 9.09. The molecule has 212 valence electrons. The maximum absolute atomic E-state index is 13.2. The van der Waals surface area contributed by atoms with Crippen LogP contribution in [-0.2, 0) is 35.0 Å². The van der Waals surface area contributed by atoms with Gasteiger partial charge in [0.15, 0.2) is 17.2 Å². The van der Waals surface area contributed by atoms with Gasteiger partial charge in [-0.3, -0.25) is 9.59 Å². The molecule has 2 heterocycles. The molecule has 1 fully saturated rings. The molecule has 1 aliphatic heterocycles. The molecule has 2 aromatic rings. The lowest BCUT2D eigenvalue weighted by molar-refractivity contribution is -0.154. The molecule has 1 amide bonds. The second-order valence-electron chi connectivity index (χ2n) is 9.09. The van der Waals surface area contributed by atoms with E-state index in [1.54, 1.807) is 7.11 Å². The minimum atomic E-state index is -0.993. The summed E-state index contributed by atoms with van der Waals surface area (Å²) in [5, 5.41) is 2.69. The van der Waals surface area contributed by atoms with Crippen molar-refractivity contribution in [1.82, 2.24) is 10.3 Å². The van der Waals surface area contributed by atoms with Crippen LogP contribution in [0.15, 0.2) is 42.6 Å². The first-order chi connectivity index (χ1) is 18.8. The molecule has 1 aromatic carbocycles. The maximum atomic E-state index is 13.2. The van der Waals surface area contributed by atoms with Crippen molar-refractivity contribution in [2.24, 2.45) is 5.92 Å². The van der Waals surface area contributed by atoms with Crippen molar-refractivity contribution in [3.63, 3.8) is 0 Å². The molecule has 39 heavy (non-hydrogen) atoms. The average molecular weight is 545 g/mol. The number of ether oxygens (including phenoxy) is 6. The van der Waals surface area contributed by atoms with Crippen LogP contribution in [0.1, 0.15) is 42.7 Å². The standard InChI is InChI=1S/C28H36N2O9/c1-18-21(16-20-8-6-5-7-9-20)23(12-14-34-3)36-15-11-22(28(33)39-18)30-27(32)25-26(38-17-37-19(2)31)24(35-4)10-13-29-25/h5-10,13,18,21-23H,11-12,14-17H2,1-4H3,(H,30,32)/t18-,21-,22-,23+/m0/s1. The summed E-state index contributed by atoms with van der Waals surface area (Å²) < 4.78 is 33.0. The van der Waals surface area contributed by atoms with Gasteiger partial charge in [0.05, 0.1) is 13.2 Å². The number of amides is 1. The quantitative estimate of drug-likeness (QED) is 0.333. The predicted molar refractivity (Wildman–Crippen MR) is 139 cm³/mol. The highest BCUT2D eigenvalue weighted by molar-refractivity contribution is 5.98. The molecule has 11 heteroatoms. The molecule has 0 aliphatic carbocycles. The lowest BCUT2D eigenvalue weighted by atomic mass is 9.88. The zero-order chi connectivity index (χ0) is 28.2. The number of carbonyl (C=O) groups excluding carboxylic acids is 3. The lowest BCUT2D eigenvalue weighted by Gasteiger charge is -2.31. The van der Waals surface area contributed by atoms with E-state index in [1.807, 2.05) is 37.3 Å². The minimum Gasteiger partial charge on any atom is -0.493 e. The van der Waals surface area contributed by atoms with Gasteiger partial charge in [0.25, 0.3) is 5.91 Å². The van der Waals surface area contributed by atoms with Crippen LogP contribution in [0.5, 0.6) is 11.5 Å². The Morgan fingerprint density at radius 3 is 2.62 bits per heavy atom. The highest BCUT2D eigenvalue weighted by Crippen LogP contribution is 2.30. The van der Waals surface area contributed by atoms with Crippen molar-refractivity contribution < 1.29 is 42.8 Å². The average Bonchev–Trinajstić information content (AvgIpc) is 2.97. The van der Waals surface area contributed by atoms with Gasteiger partial charge in [-0.1, -0.05) is 30.3 Å². The number of nitrogens with zero attached hydrogens (tertiary/aromatic N) is 1. The number of esters is 2. The molecule has 1 saturated heterocycles. The Kier molecular flexibility index (Phi) is 11.5. The first-order valence-electron chi connectivity index (χ1n) is 12.8. The number of hydrogen-bond acceptors (Lipinski definition) is 10. The summed E-state index contributed by atoms with van der Waals surface area (Å²) in [4.78, 5) is 41.7. The van der Waals surface area contributed by atoms with Crippen molar-refractivity contribution in [3.8, 4) is 11.5 Å². The molecule has 0 unspecified atom stereocenters. The summed E-state index contributed by atoms with van der Waals surface area (Å²) in [5.74, 6) is -1.75. The number of rotatable bonds is 11. The Balaban J connectivity index is 1.78. The summed E-state index contributed by atoms with van der Waals surface area (Å²) in [5.41, 5.74) is 0.967. The Bertz CT molecular complexity index is 1100. The number of nitrogens with one attached hydrogen (secondary N) is 1. The van der Waals surface area contributed by atoms with Crippen LogP contribution in [0.2, 0.25) is 0 Å². The van der Waals surface area contributed by atoms with Gasteiger partial charge in [0, 0.05) is 51.8 Å². The summed E-state index contributed by atoms with van der Waals surface area (Å²) >= 11 is 0. The third-order valence-corrected chi connectivity index (χ3v) is 6.40. The van der Waals surface area contributed by atoms with Gasteiger partial charge < -0.3 is 33.7 Å². The molecule has 0 bridgehead atoms. The number of cyclic esters (lactones) is 1. The van der Waals surface area contributed by atoms with E-state index in [2.05, 4.69) is 10.3 Å². The molecule has 1 aliphatic rings. The fourth-order valence-corrected chi connectivity index (χ4v) is 4.37. The SMILES string of the molecule is COCC[C@H]1OCC[C@H](NC(=O)c2nccc(OC)c2OCOC(C)=O)C(=O)O[C@@H](C)[C@@H]1Cc1ccccc1. The predicted octanol–water partition coefficient (Wildman–Crippen LogP) is 2.70. The number of pyridine rings is 1. The summed E-state index contributed by atoms with van der Waals surface area (Å²) in [7, 11) is 3.03. The minimum absolute atomic E-state index is 0.0256. The molecule has 0 saturated carbocycles. The Hall–Kier alpha value is -3.70. The summed E-state index contributed by atoms with van der Waals surface area (Å²) in [6, 6.07) is 10.4. The van der Waals surface area contributed by atoms with E-state index in [9.17, 15) is 14.4 Å². The van der Waals surface area contributed by atoms with Crippen LogP contribution < -0.4 is 14.8 Å². The van der Waals surface area contributed by atoms with Crippen LogP contribution in [0, 0.1) is 5.92 Å². The summed E-state index contributed by atoms with van der Waals surface area (Å²) in [6.07, 6.45) is 2.12. The van der Waals surface area contributed by atoms with E-state index < -0.39 is 36.8 Å². The third-order valence-electron chi connectivity index (χ3n) is 6.40. The monoisotopic (exact) mass is 544 g/mol. The Labute approximate surface area is 228 Å². The molecule has 11 nitrogen and oxygen atoms in total. The first-order valence-corrected chi connectivity index (χ1v) is 12.8. The number of methoxy groups -OCH3 is 2. The largest absolute Gasteiger partial charge is 0.493 e. The van der Waals surface area contributed by atoms with Crippen LogP contribution in [0.3, 0.4) is 0 Å². The van der Waals surface area contributed by atoms with Crippen LogP contribution in [0.25, 0.3) is 0 Å². The van der Waals surface area contributed by atoms with Crippen molar-refractivity contribution in [2.75, 3.05) is 34.2 Å². The van der Waals surface area contributed by atoms with Gasteiger partial charge in [-0.25, -0.2) is 9.78 Å². The van der Waals surface area contributed by atoms with Crippen molar-refractivity contribution >= 4 is 17.8 Å². The van der Waals surface area contributed by atoms with Gasteiger partial charge in [-0.15, -0.1) is 0 Å². The molecule has 0 spiro atoms. The molecule has 1 N–H and O–H groups in total. The van der Waals surface area contributed by atoms with Gasteiger partial charge in [-0.05, 0) is 25.3 Å². The molecule has 1 aromatic heterocycles. The van der Waals surface area contributed by atoms with Gasteiger partial charge >= 0.3 is 11.9 Å². The van der Waals surface area contributed by atoms with Crippen LogP contribution in [-0.4, -0.2) is 75.3 Å². The molecular weight excluding hydrogens is 508 g/mol. The summed E-state index contributed by atoms with van der Waals surface area (Å²) in [6.45, 7) is 3.33. The van der Waals surface area contributed by atoms with Gasteiger partial charge in [0.1, 0.15) is 12.1 Å². The van der Waals surface area contributed by atoms with E-state index in [-0.39, 0.29) is 42.2 Å². The van der Waals surface area contributed by atoms with Gasteiger partial charge in [-0.2, -0.15) is 0 Å². The lowest BCUT2D eigenvalue weighted by Crippen LogP contribution is -2.44. The van der Waals surface area contributed by atoms with Crippen molar-refractivity contribution in [2.45, 2.75) is 51.4 Å². The van der Waals surface area contributed by atoms with Crippen LogP contribution in [0.4, 0.5) is 0 Å². The van der Waals surface area contributed by atoms with Crippen molar-refractivity contribution in [3.05, 3.63) is 53.9 Å². The fourth-order valence-electron chi connectivity index (χ4n) is 4.37. The number of hydrogen-bond donors (Lipinski definition) is 1. The zero-order valence-corrected chi connectivity index (χ0v) is 22.7. The van der Waals surface area contributed by atoms with E-state index in [0.29, 0.717) is 19.4 Å². The molecule has 0 radical (unpaired) electrons. The second kappa shape index (κ2) is 15.0. The number of aromatic nitrogens is 1. The highest BCUT2D eigenvalue weighted by Gasteiger charge is 2.35. The zero-order valence-electron chi connectivity index (χ0n) is 22.7. The van der Waals surface area contributed by atoms with E-state index in [4.69, 9.17) is 28.4 Å². The molecule has 4 atom stereocenters. The topological polar surface area (TPSA) is 132 Å². The Morgan fingerprint density at radius 1 is 1.15 bits per heavy atom. The van der Waals surface area contributed by atoms with E-state index >= 15 is 0 Å². The van der Waals surface area contributed by atoms with E-state index in [1.165, 1.54) is 26.3 Å². The number of benzene rings is 1. The maximum Gasteiger partial charge on any atom is 0.329 e. The van der Waals surface area contributed by atoms with Gasteiger partial charge in [0.2, 0.25) is 6.79 Å². The smallest absolute Gasteiger partial charge is 0.329 e. The normalized spacial score (nSPS) is 21.5.